The summed E-state index contributed by atoms with van der Waals surface area (Å²) in [6.07, 6.45) is 29.0. The smallest absolute Gasteiger partial charge is 0.159 e. The molecule has 2 aromatic carbocycles. The molecule has 1 aliphatic heterocycles. The fourth-order valence-electron chi connectivity index (χ4n) is 6.44. The molecule has 0 spiro atoms. The maximum atomic E-state index is 7.43. The van der Waals surface area contributed by atoms with Crippen molar-refractivity contribution in [3.63, 3.8) is 0 Å². The fourth-order valence-corrected chi connectivity index (χ4v) is 6.44. The molecule has 0 fully saturated rings. The zero-order chi connectivity index (χ0) is 36.5. The largest absolute Gasteiger partial charge is 0.477 e. The lowest BCUT2D eigenvalue weighted by Gasteiger charge is -2.40. The summed E-state index contributed by atoms with van der Waals surface area (Å²) in [5, 5.41) is 3.69. The molecule has 2 aliphatic carbocycles. The quantitative estimate of drug-likeness (QED) is 0.271. The molecule has 0 bridgehead atoms. The number of ether oxygens (including phenoxy) is 1. The van der Waals surface area contributed by atoms with E-state index in [4.69, 9.17) is 4.74 Å². The number of aryl methyl sites for hydroxylation is 1. The van der Waals surface area contributed by atoms with Crippen molar-refractivity contribution in [1.29, 1.82) is 0 Å². The SMILES string of the molecule is C=CC1=C(OC(C=Cc2ccccc2)(C(/C=C\C)=C/C)C2C=CC=CC2)/C(=C/C=C2/Nc3ccc(C)cc3C2(C)C)CC1.CC.CC.CC. The van der Waals surface area contributed by atoms with Crippen molar-refractivity contribution in [2.24, 2.45) is 5.92 Å². The van der Waals surface area contributed by atoms with E-state index in [0.717, 1.165) is 41.7 Å². The van der Waals surface area contributed by atoms with Crippen molar-refractivity contribution in [3.8, 4) is 0 Å². The number of allylic oxidation sites excluding steroid dienone is 11. The standard InChI is InChI=1S/C41H45NO.3C2H6/c1-7-16-34(9-3)41(35-19-14-11-15-20-35,28-27-31-17-12-10-13-18-31)43-39-32(8-2)22-23-33(39)24-26-38-40(5,6)36-29-30(4)21-25-37(36)42-38;3*1-2/h7-19,21,24-29,35,42H,2,20,22-23H2,1,3-6H3;3*1-2H3/b16-7-,28-27?,33-24+,34-9+,38-26+;;;. The Morgan fingerprint density at radius 3 is 2.27 bits per heavy atom. The Balaban J connectivity index is 0.00000132. The van der Waals surface area contributed by atoms with E-state index in [1.807, 2.05) is 47.6 Å². The lowest BCUT2D eigenvalue weighted by molar-refractivity contribution is 0.0490. The molecule has 5 rings (SSSR count). The predicted octanol–water partition coefficient (Wildman–Crippen LogP) is 13.9. The van der Waals surface area contributed by atoms with Crippen molar-refractivity contribution < 1.29 is 4.74 Å². The van der Waals surface area contributed by atoms with Gasteiger partial charge in [-0.25, -0.2) is 0 Å². The van der Waals surface area contributed by atoms with E-state index >= 15 is 0 Å². The molecule has 2 aromatic rings. The number of benzene rings is 2. The molecule has 2 heteroatoms. The van der Waals surface area contributed by atoms with E-state index in [-0.39, 0.29) is 11.3 Å². The average molecular weight is 658 g/mol. The van der Waals surface area contributed by atoms with Crippen molar-refractivity contribution in [3.05, 3.63) is 167 Å². The molecule has 0 radical (unpaired) electrons. The second-order valence-electron chi connectivity index (χ2n) is 12.2. The van der Waals surface area contributed by atoms with Crippen LogP contribution in [-0.2, 0) is 10.2 Å². The first-order valence-electron chi connectivity index (χ1n) is 18.5. The highest BCUT2D eigenvalue weighted by Gasteiger charge is 2.42. The first kappa shape index (κ1) is 40.9. The number of nitrogens with one attached hydrogen (secondary N) is 1. The van der Waals surface area contributed by atoms with Gasteiger partial charge in [-0.05, 0) is 86.1 Å². The summed E-state index contributed by atoms with van der Waals surface area (Å²) in [4.78, 5) is 0. The van der Waals surface area contributed by atoms with Crippen molar-refractivity contribution in [2.45, 2.75) is 106 Å². The maximum Gasteiger partial charge on any atom is 0.159 e. The van der Waals surface area contributed by atoms with Crippen molar-refractivity contribution in [1.82, 2.24) is 0 Å². The number of hydrogen-bond donors (Lipinski definition) is 1. The van der Waals surface area contributed by atoms with E-state index in [1.165, 1.54) is 28.1 Å². The Bertz CT molecular complexity index is 1600. The van der Waals surface area contributed by atoms with Crippen LogP contribution in [-0.4, -0.2) is 5.60 Å². The lowest BCUT2D eigenvalue weighted by atomic mass is 9.76. The first-order valence-corrected chi connectivity index (χ1v) is 18.5. The molecule has 2 atom stereocenters. The molecule has 1 N–H and O–H groups in total. The van der Waals surface area contributed by atoms with Gasteiger partial charge < -0.3 is 10.1 Å². The second-order valence-corrected chi connectivity index (χ2v) is 12.2. The highest BCUT2D eigenvalue weighted by atomic mass is 16.5. The molecule has 262 valence electrons. The summed E-state index contributed by atoms with van der Waals surface area (Å²) in [5.74, 6) is 1.06. The van der Waals surface area contributed by atoms with Crippen LogP contribution in [0.15, 0.2) is 150 Å². The van der Waals surface area contributed by atoms with E-state index in [2.05, 4.69) is 162 Å². The van der Waals surface area contributed by atoms with E-state index in [1.54, 1.807) is 0 Å². The zero-order valence-corrected chi connectivity index (χ0v) is 32.4. The third-order valence-corrected chi connectivity index (χ3v) is 8.97. The molecule has 0 aromatic heterocycles. The highest BCUT2D eigenvalue weighted by molar-refractivity contribution is 5.69. The van der Waals surface area contributed by atoms with Crippen LogP contribution in [0.5, 0.6) is 0 Å². The summed E-state index contributed by atoms with van der Waals surface area (Å²) in [7, 11) is 0. The molecule has 2 unspecified atom stereocenters. The summed E-state index contributed by atoms with van der Waals surface area (Å²) in [6.45, 7) is 27.1. The Morgan fingerprint density at radius 1 is 0.939 bits per heavy atom. The molecular weight excluding hydrogens is 595 g/mol. The second kappa shape index (κ2) is 20.3. The van der Waals surface area contributed by atoms with Crippen LogP contribution in [0, 0.1) is 12.8 Å². The van der Waals surface area contributed by atoms with Crippen LogP contribution >= 0.6 is 0 Å². The van der Waals surface area contributed by atoms with Gasteiger partial charge in [-0.3, -0.25) is 0 Å². The third-order valence-electron chi connectivity index (χ3n) is 8.97. The van der Waals surface area contributed by atoms with Gasteiger partial charge in [0.1, 0.15) is 5.76 Å². The van der Waals surface area contributed by atoms with Gasteiger partial charge in [0, 0.05) is 22.7 Å². The minimum atomic E-state index is -0.711. The minimum absolute atomic E-state index is 0.103. The van der Waals surface area contributed by atoms with E-state index in [9.17, 15) is 0 Å². The normalized spacial score (nSPS) is 20.5. The molecular formula is C47H63NO. The fraction of sp³-hybridized carbons (Fsp3) is 0.362. The van der Waals surface area contributed by atoms with E-state index < -0.39 is 5.60 Å². The van der Waals surface area contributed by atoms with Crippen molar-refractivity contribution in [2.75, 3.05) is 5.32 Å². The number of hydrogen-bond acceptors (Lipinski definition) is 2. The van der Waals surface area contributed by atoms with Gasteiger partial charge in [0.15, 0.2) is 5.60 Å². The van der Waals surface area contributed by atoms with Gasteiger partial charge in [-0.1, -0.05) is 171 Å². The topological polar surface area (TPSA) is 21.3 Å². The first-order chi connectivity index (χ1) is 23.8. The molecule has 3 aliphatic rings. The van der Waals surface area contributed by atoms with E-state index in [0.29, 0.717) is 0 Å². The molecule has 49 heavy (non-hydrogen) atoms. The zero-order valence-electron chi connectivity index (χ0n) is 32.4. The Kier molecular flexibility index (Phi) is 16.9. The summed E-state index contributed by atoms with van der Waals surface area (Å²) >= 11 is 0. The molecule has 1 heterocycles. The van der Waals surface area contributed by atoms with Gasteiger partial charge in [0.2, 0.25) is 0 Å². The number of rotatable bonds is 9. The monoisotopic (exact) mass is 657 g/mol. The Labute approximate surface area is 300 Å². The Morgan fingerprint density at radius 2 is 1.65 bits per heavy atom. The number of anilines is 1. The summed E-state index contributed by atoms with van der Waals surface area (Å²) in [6, 6.07) is 17.2. The maximum absolute atomic E-state index is 7.43. The van der Waals surface area contributed by atoms with Crippen LogP contribution in [0.1, 0.15) is 105 Å². The molecule has 0 saturated heterocycles. The van der Waals surface area contributed by atoms with Crippen LogP contribution < -0.4 is 5.32 Å². The van der Waals surface area contributed by atoms with Crippen LogP contribution in [0.25, 0.3) is 6.08 Å². The molecule has 0 amide bonds. The van der Waals surface area contributed by atoms with Gasteiger partial charge >= 0.3 is 0 Å². The predicted molar refractivity (Wildman–Crippen MR) is 219 cm³/mol. The van der Waals surface area contributed by atoms with Crippen LogP contribution in [0.4, 0.5) is 5.69 Å². The molecule has 2 nitrogen and oxygen atoms in total. The highest BCUT2D eigenvalue weighted by Crippen LogP contribution is 2.46. The van der Waals surface area contributed by atoms with Gasteiger partial charge in [0.25, 0.3) is 0 Å². The summed E-state index contributed by atoms with van der Waals surface area (Å²) in [5.41, 5.74) is 8.85. The van der Waals surface area contributed by atoms with Crippen molar-refractivity contribution >= 4 is 11.8 Å². The number of fused-ring (bicyclic) bond motifs is 1. The molecule has 0 saturated carbocycles. The lowest BCUT2D eigenvalue weighted by Crippen LogP contribution is -2.40. The van der Waals surface area contributed by atoms with Crippen LogP contribution in [0.3, 0.4) is 0 Å². The van der Waals surface area contributed by atoms with Gasteiger partial charge in [0.05, 0.1) is 0 Å². The average Bonchev–Trinajstić information content (AvgIpc) is 3.66. The van der Waals surface area contributed by atoms with Gasteiger partial charge in [-0.2, -0.15) is 0 Å². The summed E-state index contributed by atoms with van der Waals surface area (Å²) < 4.78 is 7.43. The Hall–Kier alpha value is -4.30. The van der Waals surface area contributed by atoms with Crippen LogP contribution in [0.2, 0.25) is 0 Å². The van der Waals surface area contributed by atoms with Gasteiger partial charge in [-0.15, -0.1) is 0 Å². The minimum Gasteiger partial charge on any atom is -0.477 e. The third kappa shape index (κ3) is 9.66.